The Labute approximate surface area is 173 Å². The number of nitrogens with two attached hydrogens (primary N) is 2. The van der Waals surface area contributed by atoms with Gasteiger partial charge in [0.05, 0.1) is 17.7 Å². The molecule has 1 atom stereocenters. The highest BCUT2D eigenvalue weighted by Crippen LogP contribution is 2.32. The maximum absolute atomic E-state index is 14.1. The Morgan fingerprint density at radius 2 is 2.17 bits per heavy atom. The van der Waals surface area contributed by atoms with Crippen molar-refractivity contribution in [3.63, 3.8) is 0 Å². The fourth-order valence-electron chi connectivity index (χ4n) is 3.63. The van der Waals surface area contributed by atoms with Crippen molar-refractivity contribution in [1.29, 1.82) is 0 Å². The van der Waals surface area contributed by atoms with Gasteiger partial charge in [-0.1, -0.05) is 0 Å². The number of hydrogen-bond donors (Lipinski definition) is 2. The molecule has 0 amide bonds. The van der Waals surface area contributed by atoms with Crippen molar-refractivity contribution in [2.75, 3.05) is 12.3 Å². The molecule has 1 aromatic carbocycles. The predicted molar refractivity (Wildman–Crippen MR) is 114 cm³/mol. The van der Waals surface area contributed by atoms with Crippen molar-refractivity contribution in [1.82, 2.24) is 14.5 Å². The molecule has 0 aliphatic carbocycles. The van der Waals surface area contributed by atoms with Gasteiger partial charge in [-0.25, -0.2) is 14.4 Å². The van der Waals surface area contributed by atoms with Gasteiger partial charge in [-0.3, -0.25) is 4.99 Å². The van der Waals surface area contributed by atoms with Crippen LogP contribution in [0.2, 0.25) is 0 Å². The second kappa shape index (κ2) is 7.98. The number of hydrogen-bond acceptors (Lipinski definition) is 6. The van der Waals surface area contributed by atoms with Gasteiger partial charge in [0.2, 0.25) is 0 Å². The smallest absolute Gasteiger partial charge is 0.166 e. The first-order valence-corrected chi connectivity index (χ1v) is 9.71. The van der Waals surface area contributed by atoms with Crippen LogP contribution in [0, 0.1) is 5.82 Å². The third-order valence-electron chi connectivity index (χ3n) is 5.05. The van der Waals surface area contributed by atoms with Crippen LogP contribution in [-0.4, -0.2) is 26.8 Å². The number of aromatic nitrogens is 3. The number of rotatable bonds is 1. The number of allylic oxidation sites excluding steroid dienone is 1. The van der Waals surface area contributed by atoms with Crippen molar-refractivity contribution in [3.8, 4) is 11.4 Å². The molecular weight excluding hydrogens is 383 g/mol. The summed E-state index contributed by atoms with van der Waals surface area (Å²) in [6.07, 6.45) is 6.67. The van der Waals surface area contributed by atoms with Crippen LogP contribution in [0.4, 0.5) is 10.2 Å². The minimum atomic E-state index is -0.485. The zero-order valence-electron chi connectivity index (χ0n) is 16.8. The molecule has 2 aromatic heterocycles. The summed E-state index contributed by atoms with van der Waals surface area (Å²) in [4.78, 5) is 13.2. The summed E-state index contributed by atoms with van der Waals surface area (Å²) >= 11 is 0. The van der Waals surface area contributed by atoms with E-state index >= 15 is 0 Å². The van der Waals surface area contributed by atoms with E-state index in [0.29, 0.717) is 24.3 Å². The minimum Gasteiger partial charge on any atom is -0.482 e. The van der Waals surface area contributed by atoms with E-state index in [2.05, 4.69) is 15.0 Å². The minimum absolute atomic E-state index is 0.248. The molecule has 0 spiro atoms. The van der Waals surface area contributed by atoms with Gasteiger partial charge in [-0.2, -0.15) is 0 Å². The number of pyridine rings is 1. The maximum Gasteiger partial charge on any atom is 0.166 e. The molecule has 0 saturated heterocycles. The van der Waals surface area contributed by atoms with E-state index < -0.39 is 6.10 Å². The number of anilines is 1. The molecular formula is C22H23FN6O. The van der Waals surface area contributed by atoms with E-state index in [1.165, 1.54) is 12.1 Å². The fraction of sp³-hybridized carbons (Fsp3) is 0.227. The molecule has 154 valence electrons. The molecule has 7 nitrogen and oxygen atoms in total. The topological polar surface area (TPSA) is 104 Å². The van der Waals surface area contributed by atoms with E-state index in [4.69, 9.17) is 16.2 Å². The normalized spacial score (nSPS) is 18.8. The number of fused-ring (bicyclic) bond motifs is 5. The van der Waals surface area contributed by atoms with E-state index in [1.807, 2.05) is 18.4 Å². The first kappa shape index (κ1) is 19.6. The number of benzene rings is 1. The van der Waals surface area contributed by atoms with Crippen LogP contribution >= 0.6 is 0 Å². The maximum atomic E-state index is 14.1. The number of aliphatic imine (C=N–C) groups is 1. The molecule has 4 N–H and O–H groups in total. The third-order valence-corrected chi connectivity index (χ3v) is 5.05. The fourth-order valence-corrected chi connectivity index (χ4v) is 3.63. The lowest BCUT2D eigenvalue weighted by molar-refractivity contribution is 0.227. The van der Waals surface area contributed by atoms with E-state index in [0.717, 1.165) is 28.2 Å². The van der Waals surface area contributed by atoms with Gasteiger partial charge in [-0.15, -0.1) is 0 Å². The van der Waals surface area contributed by atoms with Crippen molar-refractivity contribution in [2.24, 2.45) is 10.7 Å². The lowest BCUT2D eigenvalue weighted by Crippen LogP contribution is -2.16. The van der Waals surface area contributed by atoms with Crippen LogP contribution in [0.3, 0.4) is 0 Å². The average Bonchev–Trinajstić information content (AvgIpc) is 3.19. The third kappa shape index (κ3) is 3.52. The van der Waals surface area contributed by atoms with E-state index in [1.54, 1.807) is 37.1 Å². The molecule has 1 aliphatic heterocycles. The molecule has 2 bridgehead atoms. The molecule has 0 saturated carbocycles. The highest BCUT2D eigenvalue weighted by atomic mass is 19.1. The van der Waals surface area contributed by atoms with Gasteiger partial charge in [0.25, 0.3) is 0 Å². The number of imidazole rings is 1. The van der Waals surface area contributed by atoms with Crippen LogP contribution in [0.5, 0.6) is 5.75 Å². The second-order valence-corrected chi connectivity index (χ2v) is 7.02. The van der Waals surface area contributed by atoms with Gasteiger partial charge in [0, 0.05) is 42.2 Å². The molecule has 4 rings (SSSR count). The molecule has 0 radical (unpaired) electrons. The Bertz CT molecular complexity index is 1150. The summed E-state index contributed by atoms with van der Waals surface area (Å²) < 4.78 is 22.2. The van der Waals surface area contributed by atoms with Gasteiger partial charge < -0.3 is 20.8 Å². The van der Waals surface area contributed by atoms with Crippen LogP contribution in [0.1, 0.15) is 36.8 Å². The number of halogens is 1. The molecule has 30 heavy (non-hydrogen) atoms. The first-order chi connectivity index (χ1) is 14.5. The van der Waals surface area contributed by atoms with Gasteiger partial charge in [0.1, 0.15) is 11.9 Å². The summed E-state index contributed by atoms with van der Waals surface area (Å²) in [5.74, 6) is 0.303. The van der Waals surface area contributed by atoms with Gasteiger partial charge in [-0.05, 0) is 49.9 Å². The van der Waals surface area contributed by atoms with Crippen molar-refractivity contribution in [3.05, 3.63) is 77.4 Å². The Kier molecular flexibility index (Phi) is 5.22. The molecule has 0 fully saturated rings. The highest BCUT2D eigenvalue weighted by molar-refractivity contribution is 6.13. The van der Waals surface area contributed by atoms with Crippen LogP contribution in [0.15, 0.2) is 59.8 Å². The average molecular weight is 406 g/mol. The molecule has 1 unspecified atom stereocenters. The Morgan fingerprint density at radius 1 is 1.33 bits per heavy atom. The lowest BCUT2D eigenvalue weighted by Gasteiger charge is -2.22. The molecule has 8 heteroatoms. The molecule has 1 aliphatic rings. The largest absolute Gasteiger partial charge is 0.482 e. The summed E-state index contributed by atoms with van der Waals surface area (Å²) in [5, 5.41) is 0. The standard InChI is InChI=1S/C22H23FN6O/c1-3-27-21-14(9-24)6-17-11-26-12-29(17)19-5-4-16(23)8-18(19)13(2)30-20-7-15(21)10-28-22(20)25/h4-5,7-13H,3,6,24H2,1-2H3,(H2,25,28). The van der Waals surface area contributed by atoms with E-state index in [-0.39, 0.29) is 11.6 Å². The summed E-state index contributed by atoms with van der Waals surface area (Å²) in [6.45, 7) is 4.38. The van der Waals surface area contributed by atoms with Crippen molar-refractivity contribution >= 4 is 11.5 Å². The van der Waals surface area contributed by atoms with Gasteiger partial charge in [0.15, 0.2) is 11.6 Å². The Balaban J connectivity index is 1.98. The van der Waals surface area contributed by atoms with Gasteiger partial charge >= 0.3 is 0 Å². The van der Waals surface area contributed by atoms with Crippen LogP contribution in [-0.2, 0) is 6.42 Å². The summed E-state index contributed by atoms with van der Waals surface area (Å²) in [5.41, 5.74) is 16.7. The first-order valence-electron chi connectivity index (χ1n) is 9.71. The predicted octanol–water partition coefficient (Wildman–Crippen LogP) is 3.34. The van der Waals surface area contributed by atoms with Crippen molar-refractivity contribution < 1.29 is 9.13 Å². The van der Waals surface area contributed by atoms with Crippen LogP contribution < -0.4 is 16.2 Å². The van der Waals surface area contributed by atoms with Crippen molar-refractivity contribution in [2.45, 2.75) is 26.4 Å². The summed E-state index contributed by atoms with van der Waals surface area (Å²) in [7, 11) is 0. The second-order valence-electron chi connectivity index (χ2n) is 7.02. The quantitative estimate of drug-likeness (QED) is 0.645. The monoisotopic (exact) mass is 406 g/mol. The number of nitrogens with zero attached hydrogens (tertiary/aromatic N) is 4. The lowest BCUT2D eigenvalue weighted by atomic mass is 9.99. The molecule has 3 heterocycles. The number of nitrogen functional groups attached to an aromatic ring is 1. The molecule has 3 aromatic rings. The Hall–Kier alpha value is -3.68. The van der Waals surface area contributed by atoms with E-state index in [9.17, 15) is 4.39 Å². The highest BCUT2D eigenvalue weighted by Gasteiger charge is 2.22. The Morgan fingerprint density at radius 3 is 2.93 bits per heavy atom. The zero-order chi connectivity index (χ0) is 21.3. The number of ether oxygens (including phenoxy) is 1. The summed E-state index contributed by atoms with van der Waals surface area (Å²) in [6, 6.07) is 6.40. The SMILES string of the molecule is CCN=C1C(=CN)Cc2cncn2-c2ccc(F)cc2C(C)Oc2cc1cnc2N. The van der Waals surface area contributed by atoms with Crippen LogP contribution in [0.25, 0.3) is 5.69 Å². The zero-order valence-corrected chi connectivity index (χ0v) is 16.8.